The number of benzene rings is 1. The molecular formula is C16H17BrClN. The number of hydrogen-bond acceptors (Lipinski definition) is 1. The maximum atomic E-state index is 6.31. The van der Waals surface area contributed by atoms with Crippen LogP contribution >= 0.6 is 27.5 Å². The number of nitrogens with zero attached hydrogens (tertiary/aromatic N) is 1. The first-order valence-electron chi connectivity index (χ1n) is 6.35. The molecule has 1 nitrogen and oxygen atoms in total. The molecule has 100 valence electrons. The van der Waals surface area contributed by atoms with Crippen molar-refractivity contribution in [2.45, 2.75) is 20.8 Å². The Morgan fingerprint density at radius 3 is 2.79 bits per heavy atom. The van der Waals surface area contributed by atoms with Gasteiger partial charge in [-0.2, -0.15) is 0 Å². The summed E-state index contributed by atoms with van der Waals surface area (Å²) in [6.45, 7) is 6.42. The number of aromatic nitrogens is 1. The van der Waals surface area contributed by atoms with Crippen LogP contribution in [0.4, 0.5) is 0 Å². The first kappa shape index (κ1) is 14.5. The molecule has 0 atom stereocenters. The second-order valence-electron chi connectivity index (χ2n) is 5.02. The summed E-state index contributed by atoms with van der Waals surface area (Å²) in [5, 5.41) is 2.56. The SMILES string of the molecule is Cc1cccc2cc(C=C(CBr)C(C)C)c(Cl)nc12. The van der Waals surface area contributed by atoms with Crippen LogP contribution in [0.3, 0.4) is 0 Å². The van der Waals surface area contributed by atoms with Gasteiger partial charge < -0.3 is 0 Å². The Morgan fingerprint density at radius 2 is 2.16 bits per heavy atom. The summed E-state index contributed by atoms with van der Waals surface area (Å²) in [6, 6.07) is 8.29. The predicted octanol–water partition coefficient (Wildman–Crippen LogP) is 5.63. The van der Waals surface area contributed by atoms with Gasteiger partial charge in [0.05, 0.1) is 5.52 Å². The maximum Gasteiger partial charge on any atom is 0.137 e. The van der Waals surface area contributed by atoms with Gasteiger partial charge in [0.1, 0.15) is 5.15 Å². The predicted molar refractivity (Wildman–Crippen MR) is 88.1 cm³/mol. The van der Waals surface area contributed by atoms with Crippen molar-refractivity contribution in [3.63, 3.8) is 0 Å². The fourth-order valence-corrected chi connectivity index (χ4v) is 3.00. The van der Waals surface area contributed by atoms with Crippen LogP contribution in [-0.2, 0) is 0 Å². The summed E-state index contributed by atoms with van der Waals surface area (Å²) >= 11 is 9.84. The van der Waals surface area contributed by atoms with E-state index in [4.69, 9.17) is 11.6 Å². The zero-order chi connectivity index (χ0) is 14.0. The molecule has 1 aromatic carbocycles. The molecule has 0 saturated heterocycles. The van der Waals surface area contributed by atoms with E-state index in [0.717, 1.165) is 27.4 Å². The highest BCUT2D eigenvalue weighted by Gasteiger charge is 2.07. The number of alkyl halides is 1. The Morgan fingerprint density at radius 1 is 1.42 bits per heavy atom. The Bertz CT molecular complexity index is 632. The third-order valence-electron chi connectivity index (χ3n) is 3.26. The van der Waals surface area contributed by atoms with Crippen LogP contribution in [0.5, 0.6) is 0 Å². The van der Waals surface area contributed by atoms with Gasteiger partial charge in [-0.25, -0.2) is 4.98 Å². The van der Waals surface area contributed by atoms with Gasteiger partial charge in [-0.1, -0.05) is 71.2 Å². The van der Waals surface area contributed by atoms with E-state index in [0.29, 0.717) is 11.1 Å². The van der Waals surface area contributed by atoms with Crippen molar-refractivity contribution >= 4 is 44.5 Å². The average Bonchev–Trinajstić information content (AvgIpc) is 2.37. The lowest BCUT2D eigenvalue weighted by Crippen LogP contribution is -1.96. The van der Waals surface area contributed by atoms with Crippen molar-refractivity contribution in [2.24, 2.45) is 5.92 Å². The first-order chi connectivity index (χ1) is 9.02. The van der Waals surface area contributed by atoms with Gasteiger partial charge in [0.15, 0.2) is 0 Å². The van der Waals surface area contributed by atoms with Crippen molar-refractivity contribution < 1.29 is 0 Å². The Balaban J connectivity index is 2.59. The fraction of sp³-hybridized carbons (Fsp3) is 0.312. The number of allylic oxidation sites excluding steroid dienone is 1. The topological polar surface area (TPSA) is 12.9 Å². The molecule has 2 rings (SSSR count). The molecular weight excluding hydrogens is 322 g/mol. The second kappa shape index (κ2) is 6.06. The lowest BCUT2D eigenvalue weighted by Gasteiger charge is -2.10. The fourth-order valence-electron chi connectivity index (χ4n) is 2.00. The van der Waals surface area contributed by atoms with Crippen LogP contribution in [-0.4, -0.2) is 10.3 Å². The van der Waals surface area contributed by atoms with Crippen LogP contribution in [0.2, 0.25) is 5.15 Å². The van der Waals surface area contributed by atoms with Crippen LogP contribution in [0.1, 0.15) is 25.0 Å². The number of para-hydroxylation sites is 1. The lowest BCUT2D eigenvalue weighted by molar-refractivity contribution is 0.781. The number of hydrogen-bond donors (Lipinski definition) is 0. The Labute approximate surface area is 127 Å². The van der Waals surface area contributed by atoms with Gasteiger partial charge in [-0.05, 0) is 24.5 Å². The molecule has 0 amide bonds. The molecule has 19 heavy (non-hydrogen) atoms. The number of rotatable bonds is 3. The van der Waals surface area contributed by atoms with Crippen LogP contribution in [0.25, 0.3) is 17.0 Å². The molecule has 1 aromatic heterocycles. The molecule has 0 aliphatic heterocycles. The zero-order valence-corrected chi connectivity index (χ0v) is 13.7. The molecule has 0 fully saturated rings. The molecule has 0 bridgehead atoms. The summed E-state index contributed by atoms with van der Waals surface area (Å²) < 4.78 is 0. The van der Waals surface area contributed by atoms with Gasteiger partial charge in [0, 0.05) is 16.3 Å². The van der Waals surface area contributed by atoms with Crippen molar-refractivity contribution in [1.82, 2.24) is 4.98 Å². The smallest absolute Gasteiger partial charge is 0.137 e. The van der Waals surface area contributed by atoms with E-state index in [1.54, 1.807) is 0 Å². The van der Waals surface area contributed by atoms with Crippen molar-refractivity contribution in [3.8, 4) is 0 Å². The molecule has 1 heterocycles. The molecule has 3 heteroatoms. The van der Waals surface area contributed by atoms with Crippen molar-refractivity contribution in [2.75, 3.05) is 5.33 Å². The van der Waals surface area contributed by atoms with E-state index >= 15 is 0 Å². The molecule has 0 aliphatic rings. The number of aryl methyl sites for hydroxylation is 1. The van der Waals surface area contributed by atoms with E-state index < -0.39 is 0 Å². The third kappa shape index (κ3) is 3.18. The number of pyridine rings is 1. The minimum absolute atomic E-state index is 0.489. The van der Waals surface area contributed by atoms with Gasteiger partial charge >= 0.3 is 0 Å². The zero-order valence-electron chi connectivity index (χ0n) is 11.4. The summed E-state index contributed by atoms with van der Waals surface area (Å²) in [5.41, 5.74) is 4.44. The van der Waals surface area contributed by atoms with E-state index in [1.165, 1.54) is 5.57 Å². The summed E-state index contributed by atoms with van der Waals surface area (Å²) in [4.78, 5) is 4.53. The summed E-state index contributed by atoms with van der Waals surface area (Å²) in [7, 11) is 0. The highest BCUT2D eigenvalue weighted by Crippen LogP contribution is 2.26. The van der Waals surface area contributed by atoms with Crippen LogP contribution in [0, 0.1) is 12.8 Å². The average molecular weight is 339 g/mol. The first-order valence-corrected chi connectivity index (χ1v) is 7.85. The number of fused-ring (bicyclic) bond motifs is 1. The third-order valence-corrected chi connectivity index (χ3v) is 4.22. The maximum absolute atomic E-state index is 6.31. The van der Waals surface area contributed by atoms with E-state index in [-0.39, 0.29) is 0 Å². The van der Waals surface area contributed by atoms with Gasteiger partial charge in [-0.15, -0.1) is 0 Å². The summed E-state index contributed by atoms with van der Waals surface area (Å²) in [5.74, 6) is 0.489. The molecule has 0 radical (unpaired) electrons. The molecule has 2 aromatic rings. The van der Waals surface area contributed by atoms with E-state index in [9.17, 15) is 0 Å². The lowest BCUT2D eigenvalue weighted by atomic mass is 10.0. The molecule has 0 saturated carbocycles. The molecule has 0 spiro atoms. The molecule has 0 aliphatic carbocycles. The van der Waals surface area contributed by atoms with Gasteiger partial charge in [0.2, 0.25) is 0 Å². The molecule has 0 unspecified atom stereocenters. The standard InChI is InChI=1S/C16H17BrClN/c1-10(2)14(9-17)8-13-7-12-6-4-5-11(3)15(12)19-16(13)18/h4-8,10H,9H2,1-3H3. The molecule has 0 N–H and O–H groups in total. The van der Waals surface area contributed by atoms with Crippen LogP contribution < -0.4 is 0 Å². The minimum atomic E-state index is 0.489. The highest BCUT2D eigenvalue weighted by atomic mass is 79.9. The minimum Gasteiger partial charge on any atom is -0.235 e. The Kier molecular flexibility index (Phi) is 4.64. The van der Waals surface area contributed by atoms with E-state index in [1.807, 2.05) is 0 Å². The van der Waals surface area contributed by atoms with Crippen molar-refractivity contribution in [1.29, 1.82) is 0 Å². The largest absolute Gasteiger partial charge is 0.235 e. The van der Waals surface area contributed by atoms with E-state index in [2.05, 4.69) is 72.0 Å². The normalized spacial score (nSPS) is 12.4. The quantitative estimate of drug-likeness (QED) is 0.522. The summed E-state index contributed by atoms with van der Waals surface area (Å²) in [6.07, 6.45) is 2.14. The second-order valence-corrected chi connectivity index (χ2v) is 5.94. The van der Waals surface area contributed by atoms with Crippen molar-refractivity contribution in [3.05, 3.63) is 46.1 Å². The van der Waals surface area contributed by atoms with Gasteiger partial charge in [0.25, 0.3) is 0 Å². The van der Waals surface area contributed by atoms with Crippen LogP contribution in [0.15, 0.2) is 29.8 Å². The highest BCUT2D eigenvalue weighted by molar-refractivity contribution is 9.09. The monoisotopic (exact) mass is 337 g/mol. The Hall–Kier alpha value is -0.860. The van der Waals surface area contributed by atoms with Gasteiger partial charge in [-0.3, -0.25) is 0 Å². The number of halogens is 2.